The number of benzene rings is 1. The average molecular weight is 276 g/mol. The van der Waals surface area contributed by atoms with Crippen LogP contribution in [0.4, 0.5) is 0 Å². The molecule has 0 radical (unpaired) electrons. The number of carbonyl (C=O) groups excluding carboxylic acids is 1. The van der Waals surface area contributed by atoms with Crippen LogP contribution in [0.5, 0.6) is 5.75 Å². The second kappa shape index (κ2) is 5.83. The molecule has 2 aliphatic rings. The summed E-state index contributed by atoms with van der Waals surface area (Å²) >= 11 is 0. The number of fused-ring (bicyclic) bond motifs is 2. The van der Waals surface area contributed by atoms with Crippen LogP contribution in [0, 0.1) is 11.8 Å². The first-order valence-electron chi connectivity index (χ1n) is 7.14. The minimum Gasteiger partial charge on any atom is -0.497 e. The van der Waals surface area contributed by atoms with E-state index in [2.05, 4.69) is 0 Å². The molecule has 1 aliphatic heterocycles. The highest BCUT2D eigenvalue weighted by molar-refractivity contribution is 5.71. The van der Waals surface area contributed by atoms with Crippen molar-refractivity contribution in [3.63, 3.8) is 0 Å². The lowest BCUT2D eigenvalue weighted by Crippen LogP contribution is -2.23. The molecule has 3 rings (SSSR count). The van der Waals surface area contributed by atoms with Gasteiger partial charge in [0, 0.05) is 6.42 Å². The van der Waals surface area contributed by atoms with E-state index in [-0.39, 0.29) is 12.1 Å². The maximum Gasteiger partial charge on any atom is 0.306 e. The smallest absolute Gasteiger partial charge is 0.306 e. The maximum absolute atomic E-state index is 11.4. The van der Waals surface area contributed by atoms with Gasteiger partial charge in [-0.2, -0.15) is 0 Å². The van der Waals surface area contributed by atoms with Crippen molar-refractivity contribution in [3.05, 3.63) is 29.8 Å². The lowest BCUT2D eigenvalue weighted by atomic mass is 9.93. The molecular weight excluding hydrogens is 256 g/mol. The first-order chi connectivity index (χ1) is 9.74. The molecule has 108 valence electrons. The van der Waals surface area contributed by atoms with Crippen LogP contribution in [0.2, 0.25) is 0 Å². The molecule has 4 nitrogen and oxygen atoms in total. The van der Waals surface area contributed by atoms with Gasteiger partial charge >= 0.3 is 5.97 Å². The number of esters is 1. The van der Waals surface area contributed by atoms with Crippen LogP contribution in [-0.4, -0.2) is 25.8 Å². The van der Waals surface area contributed by atoms with Crippen molar-refractivity contribution in [1.29, 1.82) is 0 Å². The van der Waals surface area contributed by atoms with Gasteiger partial charge in [-0.15, -0.1) is 0 Å². The van der Waals surface area contributed by atoms with E-state index >= 15 is 0 Å². The van der Waals surface area contributed by atoms with Crippen molar-refractivity contribution >= 4 is 5.97 Å². The summed E-state index contributed by atoms with van der Waals surface area (Å²) in [6.07, 6.45) is 2.67. The number of hydrogen-bond acceptors (Lipinski definition) is 4. The van der Waals surface area contributed by atoms with Crippen LogP contribution in [0.25, 0.3) is 0 Å². The van der Waals surface area contributed by atoms with E-state index in [9.17, 15) is 4.79 Å². The predicted octanol–water partition coefficient (Wildman–Crippen LogP) is 2.55. The summed E-state index contributed by atoms with van der Waals surface area (Å²) in [5.41, 5.74) is 1.14. The first kappa shape index (κ1) is 13.4. The van der Waals surface area contributed by atoms with Crippen LogP contribution in [-0.2, 0) is 20.9 Å². The molecule has 2 bridgehead atoms. The van der Waals surface area contributed by atoms with Gasteiger partial charge in [0.05, 0.1) is 20.3 Å². The Bertz CT molecular complexity index is 468. The molecule has 1 heterocycles. The number of carbonyl (C=O) groups is 1. The maximum atomic E-state index is 11.4. The van der Waals surface area contributed by atoms with Gasteiger partial charge in [-0.1, -0.05) is 12.1 Å². The molecule has 3 atom stereocenters. The van der Waals surface area contributed by atoms with E-state index in [1.54, 1.807) is 7.11 Å². The molecule has 4 heteroatoms. The third kappa shape index (κ3) is 2.96. The second-order valence-electron chi connectivity index (χ2n) is 5.67. The number of methoxy groups -OCH3 is 1. The van der Waals surface area contributed by atoms with Gasteiger partial charge < -0.3 is 14.2 Å². The van der Waals surface area contributed by atoms with E-state index in [0.29, 0.717) is 31.5 Å². The first-order valence-corrected chi connectivity index (χ1v) is 7.14. The molecule has 0 N–H and O–H groups in total. The summed E-state index contributed by atoms with van der Waals surface area (Å²) in [4.78, 5) is 11.4. The van der Waals surface area contributed by atoms with Crippen molar-refractivity contribution in [2.24, 2.45) is 11.8 Å². The molecule has 0 spiro atoms. The minimum atomic E-state index is -0.0381. The summed E-state index contributed by atoms with van der Waals surface area (Å²) in [6, 6.07) is 7.90. The Morgan fingerprint density at radius 3 is 2.80 bits per heavy atom. The van der Waals surface area contributed by atoms with E-state index in [4.69, 9.17) is 14.2 Å². The molecule has 0 amide bonds. The highest BCUT2D eigenvalue weighted by atomic mass is 16.5. The van der Waals surface area contributed by atoms with Gasteiger partial charge in [-0.3, -0.25) is 4.79 Å². The van der Waals surface area contributed by atoms with Crippen LogP contribution < -0.4 is 4.74 Å². The van der Waals surface area contributed by atoms with Gasteiger partial charge in [0.25, 0.3) is 0 Å². The molecule has 1 aliphatic carbocycles. The van der Waals surface area contributed by atoms with Crippen molar-refractivity contribution in [2.75, 3.05) is 13.7 Å². The Balaban J connectivity index is 1.47. The van der Waals surface area contributed by atoms with Crippen LogP contribution in [0.3, 0.4) is 0 Å². The number of ether oxygens (including phenoxy) is 3. The normalized spacial score (nSPS) is 28.2. The summed E-state index contributed by atoms with van der Waals surface area (Å²) in [5, 5.41) is 0. The summed E-state index contributed by atoms with van der Waals surface area (Å²) in [7, 11) is 1.66. The SMILES string of the molecule is COc1ccc(COC[C@H]2C[C@@H]3C[C@H]2CC(=O)O3)cc1. The van der Waals surface area contributed by atoms with E-state index in [0.717, 1.165) is 24.2 Å². The predicted molar refractivity (Wildman–Crippen MR) is 73.4 cm³/mol. The quantitative estimate of drug-likeness (QED) is 0.775. The fraction of sp³-hybridized carbons (Fsp3) is 0.562. The van der Waals surface area contributed by atoms with Crippen LogP contribution >= 0.6 is 0 Å². The monoisotopic (exact) mass is 276 g/mol. The summed E-state index contributed by atoms with van der Waals surface area (Å²) < 4.78 is 16.2. The average Bonchev–Trinajstić information content (AvgIpc) is 2.74. The number of rotatable bonds is 5. The molecular formula is C16H20O4. The van der Waals surface area contributed by atoms with Gasteiger partial charge in [-0.25, -0.2) is 0 Å². The van der Waals surface area contributed by atoms with Gasteiger partial charge in [0.15, 0.2) is 0 Å². The fourth-order valence-corrected chi connectivity index (χ4v) is 3.20. The molecule has 1 saturated carbocycles. The summed E-state index contributed by atoms with van der Waals surface area (Å²) in [5.74, 6) is 1.74. The fourth-order valence-electron chi connectivity index (χ4n) is 3.20. The van der Waals surface area contributed by atoms with Crippen molar-refractivity contribution in [1.82, 2.24) is 0 Å². The van der Waals surface area contributed by atoms with E-state index in [1.807, 2.05) is 24.3 Å². The van der Waals surface area contributed by atoms with Crippen LogP contribution in [0.15, 0.2) is 24.3 Å². The van der Waals surface area contributed by atoms with Crippen LogP contribution in [0.1, 0.15) is 24.8 Å². The Morgan fingerprint density at radius 1 is 1.25 bits per heavy atom. The van der Waals surface area contributed by atoms with Crippen molar-refractivity contribution in [3.8, 4) is 5.75 Å². The van der Waals surface area contributed by atoms with E-state index < -0.39 is 0 Å². The topological polar surface area (TPSA) is 44.8 Å². The molecule has 2 fully saturated rings. The zero-order chi connectivity index (χ0) is 13.9. The third-order valence-corrected chi connectivity index (χ3v) is 4.28. The van der Waals surface area contributed by atoms with Gasteiger partial charge in [0.1, 0.15) is 11.9 Å². The molecule has 1 aromatic rings. The Hall–Kier alpha value is -1.55. The van der Waals surface area contributed by atoms with Gasteiger partial charge in [-0.05, 0) is 42.4 Å². The minimum absolute atomic E-state index is 0.0381. The largest absolute Gasteiger partial charge is 0.497 e. The summed E-state index contributed by atoms with van der Waals surface area (Å²) in [6.45, 7) is 1.32. The third-order valence-electron chi connectivity index (χ3n) is 4.28. The highest BCUT2D eigenvalue weighted by Crippen LogP contribution is 2.40. The standard InChI is InChI=1S/C16H20O4/c1-18-14-4-2-11(3-5-14)9-19-10-13-7-15-6-12(13)8-16(17)20-15/h2-5,12-13,15H,6-10H2,1H3/t12-,13+,15-/m0/s1. The molecule has 1 aromatic carbocycles. The molecule has 20 heavy (non-hydrogen) atoms. The van der Waals surface area contributed by atoms with Crippen molar-refractivity contribution in [2.45, 2.75) is 32.0 Å². The zero-order valence-corrected chi connectivity index (χ0v) is 11.7. The molecule has 1 saturated heterocycles. The Kier molecular flexibility index (Phi) is 3.92. The van der Waals surface area contributed by atoms with Crippen molar-refractivity contribution < 1.29 is 19.0 Å². The zero-order valence-electron chi connectivity index (χ0n) is 11.7. The van der Waals surface area contributed by atoms with E-state index in [1.165, 1.54) is 0 Å². The lowest BCUT2D eigenvalue weighted by molar-refractivity contribution is -0.153. The number of hydrogen-bond donors (Lipinski definition) is 0. The molecule has 0 aromatic heterocycles. The second-order valence-corrected chi connectivity index (χ2v) is 5.67. The lowest BCUT2D eigenvalue weighted by Gasteiger charge is -2.20. The Morgan fingerprint density at radius 2 is 2.05 bits per heavy atom. The molecule has 0 unspecified atom stereocenters. The van der Waals surface area contributed by atoms with Gasteiger partial charge in [0.2, 0.25) is 0 Å². The Labute approximate surface area is 119 Å². The highest BCUT2D eigenvalue weighted by Gasteiger charge is 2.41.